The van der Waals surface area contributed by atoms with E-state index in [4.69, 9.17) is 31.1 Å². The molecule has 0 aliphatic rings. The smallest absolute Gasteiger partial charge is 0.338 e. The van der Waals surface area contributed by atoms with Gasteiger partial charge in [0.25, 0.3) is 0 Å². The van der Waals surface area contributed by atoms with E-state index in [0.717, 1.165) is 11.0 Å². The van der Waals surface area contributed by atoms with Crippen LogP contribution in [0.1, 0.15) is 15.9 Å². The van der Waals surface area contributed by atoms with Gasteiger partial charge in [0.2, 0.25) is 0 Å². The van der Waals surface area contributed by atoms with Gasteiger partial charge in [0.1, 0.15) is 29.9 Å². The minimum atomic E-state index is -0.374. The first kappa shape index (κ1) is 26.7. The number of carbonyl (C=O) groups excluding carboxylic acids is 1. The Kier molecular flexibility index (Phi) is 8.51. The van der Waals surface area contributed by atoms with Gasteiger partial charge >= 0.3 is 5.97 Å². The van der Waals surface area contributed by atoms with Gasteiger partial charge in [-0.2, -0.15) is 5.26 Å². The lowest BCUT2D eigenvalue weighted by Gasteiger charge is -2.13. The van der Waals surface area contributed by atoms with E-state index >= 15 is 0 Å². The Morgan fingerprint density at radius 2 is 1.85 bits per heavy atom. The number of hydrogen-bond donors (Lipinski definition) is 1. The van der Waals surface area contributed by atoms with Gasteiger partial charge in [-0.25, -0.2) is 14.8 Å². The first-order chi connectivity index (χ1) is 19.6. The predicted molar refractivity (Wildman–Crippen MR) is 151 cm³/mol. The normalized spacial score (nSPS) is 10.7. The van der Waals surface area contributed by atoms with E-state index < -0.39 is 0 Å². The van der Waals surface area contributed by atoms with Crippen LogP contribution in [0.3, 0.4) is 0 Å². The van der Waals surface area contributed by atoms with Crippen molar-refractivity contribution in [1.82, 2.24) is 14.5 Å². The third-order valence-corrected chi connectivity index (χ3v) is 6.18. The fourth-order valence-corrected chi connectivity index (χ4v) is 4.20. The number of nitrogens with one attached hydrogen (secondary N) is 1. The van der Waals surface area contributed by atoms with Crippen molar-refractivity contribution < 1.29 is 19.0 Å². The summed E-state index contributed by atoms with van der Waals surface area (Å²) in [6.07, 6.45) is 3.41. The van der Waals surface area contributed by atoms with Crippen molar-refractivity contribution in [2.75, 3.05) is 25.1 Å². The summed E-state index contributed by atoms with van der Waals surface area (Å²) in [6.45, 7) is 1.41. The molecule has 0 radical (unpaired) electrons. The largest absolute Gasteiger partial charge is 0.460 e. The molecule has 5 aromatic rings. The highest BCUT2D eigenvalue weighted by Gasteiger charge is 2.12. The topological polar surface area (TPSA) is 111 Å². The van der Waals surface area contributed by atoms with Crippen LogP contribution in [-0.2, 0) is 16.0 Å². The van der Waals surface area contributed by atoms with Crippen molar-refractivity contribution in [2.45, 2.75) is 6.54 Å². The maximum absolute atomic E-state index is 12.0. The summed E-state index contributed by atoms with van der Waals surface area (Å²) < 4.78 is 18.8. The van der Waals surface area contributed by atoms with Gasteiger partial charge in [-0.15, -0.1) is 0 Å². The van der Waals surface area contributed by atoms with Gasteiger partial charge in [-0.3, -0.25) is 0 Å². The van der Waals surface area contributed by atoms with Crippen molar-refractivity contribution in [3.05, 3.63) is 108 Å². The number of nitriles is 1. The monoisotopic (exact) mass is 553 g/mol. The van der Waals surface area contributed by atoms with Crippen molar-refractivity contribution in [3.63, 3.8) is 0 Å². The number of anilines is 2. The molecule has 3 aromatic carbocycles. The van der Waals surface area contributed by atoms with Crippen molar-refractivity contribution in [2.24, 2.45) is 0 Å². The molecular formula is C30H24ClN5O4. The molecule has 1 N–H and O–H groups in total. The summed E-state index contributed by atoms with van der Waals surface area (Å²) in [4.78, 5) is 20.8. The van der Waals surface area contributed by atoms with Crippen LogP contribution in [0.25, 0.3) is 11.0 Å². The number of halogens is 1. The first-order valence-electron chi connectivity index (χ1n) is 12.4. The molecule has 0 spiro atoms. The number of ether oxygens (including phenoxy) is 3. The molecule has 0 saturated carbocycles. The zero-order valence-corrected chi connectivity index (χ0v) is 22.0. The Morgan fingerprint density at radius 3 is 2.67 bits per heavy atom. The number of nitrogens with zero attached hydrogens (tertiary/aromatic N) is 4. The quantitative estimate of drug-likeness (QED) is 0.148. The lowest BCUT2D eigenvalue weighted by atomic mass is 10.2. The molecule has 0 atom stereocenters. The molecule has 2 aromatic heterocycles. The number of benzene rings is 3. The Balaban J connectivity index is 1.19. The molecule has 200 valence electrons. The van der Waals surface area contributed by atoms with Crippen LogP contribution in [0.5, 0.6) is 11.5 Å². The maximum Gasteiger partial charge on any atom is 0.338 e. The van der Waals surface area contributed by atoms with E-state index in [1.807, 2.05) is 29.0 Å². The SMILES string of the molecule is N#Cc1cccc(Oc2ccc(Nc3ncnc4ccn(CCOCCOC(=O)c5ccccc5)c34)cc2Cl)c1. The standard InChI is InChI=1S/C30H24ClN5O4/c31-25-18-23(9-10-27(25)40-24-8-4-5-21(17-24)19-32)35-29-28-26(33-20-34-29)11-12-36(28)13-14-38-15-16-39-30(37)22-6-2-1-3-7-22/h1-12,17-18,20H,13-16H2,(H,33,34,35). The summed E-state index contributed by atoms with van der Waals surface area (Å²) in [5.74, 6) is 1.22. The van der Waals surface area contributed by atoms with Crippen molar-refractivity contribution >= 4 is 40.1 Å². The fourth-order valence-electron chi connectivity index (χ4n) is 3.98. The van der Waals surface area contributed by atoms with Crippen LogP contribution in [0.15, 0.2) is 91.4 Å². The van der Waals surface area contributed by atoms with Crippen molar-refractivity contribution in [3.8, 4) is 17.6 Å². The lowest BCUT2D eigenvalue weighted by Crippen LogP contribution is -2.13. The number of fused-ring (bicyclic) bond motifs is 1. The number of carbonyl (C=O) groups is 1. The average molecular weight is 554 g/mol. The molecule has 10 heteroatoms. The van der Waals surface area contributed by atoms with E-state index in [0.29, 0.717) is 52.3 Å². The molecule has 40 heavy (non-hydrogen) atoms. The first-order valence-corrected chi connectivity index (χ1v) is 12.8. The highest BCUT2D eigenvalue weighted by atomic mass is 35.5. The van der Waals surface area contributed by atoms with E-state index in [9.17, 15) is 4.79 Å². The second-order valence-corrected chi connectivity index (χ2v) is 9.00. The average Bonchev–Trinajstić information content (AvgIpc) is 3.41. The molecule has 5 rings (SSSR count). The minimum absolute atomic E-state index is 0.167. The fraction of sp³-hybridized carbons (Fsp3) is 0.133. The number of esters is 1. The van der Waals surface area contributed by atoms with Crippen LogP contribution in [0, 0.1) is 11.3 Å². The van der Waals surface area contributed by atoms with Gasteiger partial charge in [0.05, 0.1) is 40.9 Å². The Hall–Kier alpha value is -4.91. The molecule has 0 saturated heterocycles. The zero-order chi connectivity index (χ0) is 27.7. The van der Waals surface area contributed by atoms with E-state index in [2.05, 4.69) is 21.4 Å². The lowest BCUT2D eigenvalue weighted by molar-refractivity contribution is 0.0308. The summed E-state index contributed by atoms with van der Waals surface area (Å²) in [7, 11) is 0. The molecule has 0 fully saturated rings. The second-order valence-electron chi connectivity index (χ2n) is 8.59. The number of rotatable bonds is 11. The molecule has 0 unspecified atom stereocenters. The summed E-state index contributed by atoms with van der Waals surface area (Å²) in [5.41, 5.74) is 3.31. The third-order valence-electron chi connectivity index (χ3n) is 5.88. The molecular weight excluding hydrogens is 530 g/mol. The minimum Gasteiger partial charge on any atom is -0.460 e. The van der Waals surface area contributed by atoms with Crippen LogP contribution in [0.4, 0.5) is 11.5 Å². The Morgan fingerprint density at radius 1 is 0.975 bits per heavy atom. The highest BCUT2D eigenvalue weighted by Crippen LogP contribution is 2.33. The predicted octanol–water partition coefficient (Wildman–Crippen LogP) is 6.37. The summed E-state index contributed by atoms with van der Waals surface area (Å²) >= 11 is 6.50. The van der Waals surface area contributed by atoms with Crippen LogP contribution >= 0.6 is 11.6 Å². The van der Waals surface area contributed by atoms with Crippen LogP contribution in [0.2, 0.25) is 5.02 Å². The second kappa shape index (κ2) is 12.8. The number of aromatic nitrogens is 3. The van der Waals surface area contributed by atoms with Gasteiger partial charge in [0, 0.05) is 18.4 Å². The Bertz CT molecular complexity index is 1670. The molecule has 0 aliphatic carbocycles. The summed E-state index contributed by atoms with van der Waals surface area (Å²) in [6, 6.07) is 25.0. The van der Waals surface area contributed by atoms with Crippen molar-refractivity contribution in [1.29, 1.82) is 5.26 Å². The molecule has 0 bridgehead atoms. The van der Waals surface area contributed by atoms with E-state index in [-0.39, 0.29) is 19.2 Å². The summed E-state index contributed by atoms with van der Waals surface area (Å²) in [5, 5.41) is 12.8. The van der Waals surface area contributed by atoms with Gasteiger partial charge in [-0.1, -0.05) is 35.9 Å². The third kappa shape index (κ3) is 6.56. The molecule has 9 nitrogen and oxygen atoms in total. The maximum atomic E-state index is 12.0. The zero-order valence-electron chi connectivity index (χ0n) is 21.3. The van der Waals surface area contributed by atoms with E-state index in [1.165, 1.54) is 6.33 Å². The molecule has 2 heterocycles. The highest BCUT2D eigenvalue weighted by molar-refractivity contribution is 6.32. The van der Waals surface area contributed by atoms with Crippen LogP contribution < -0.4 is 10.1 Å². The molecule has 0 aliphatic heterocycles. The van der Waals surface area contributed by atoms with Crippen LogP contribution in [-0.4, -0.2) is 40.3 Å². The van der Waals surface area contributed by atoms with Gasteiger partial charge < -0.3 is 24.1 Å². The molecule has 0 amide bonds. The van der Waals surface area contributed by atoms with Gasteiger partial charge in [-0.05, 0) is 54.6 Å². The number of hydrogen-bond acceptors (Lipinski definition) is 8. The van der Waals surface area contributed by atoms with Gasteiger partial charge in [0.15, 0.2) is 5.82 Å². The van der Waals surface area contributed by atoms with E-state index in [1.54, 1.807) is 60.7 Å². The Labute approximate surface area is 235 Å².